The summed E-state index contributed by atoms with van der Waals surface area (Å²) in [5, 5.41) is 0. The fraction of sp³-hybridized carbons (Fsp3) is 0.667. The minimum atomic E-state index is -0.199. The first-order valence-electron chi connectivity index (χ1n) is 6.35. The Kier molecular flexibility index (Phi) is 8.47. The van der Waals surface area contributed by atoms with Crippen LogP contribution in [0.2, 0.25) is 0 Å². The second-order valence-corrected chi connectivity index (χ2v) is 4.92. The molecule has 0 aromatic rings. The van der Waals surface area contributed by atoms with Gasteiger partial charge in [-0.2, -0.15) is 0 Å². The molecule has 2 nitrogen and oxygen atoms in total. The van der Waals surface area contributed by atoms with E-state index in [-0.39, 0.29) is 5.97 Å². The molecule has 0 radical (unpaired) electrons. The van der Waals surface area contributed by atoms with E-state index in [4.69, 9.17) is 4.74 Å². The van der Waals surface area contributed by atoms with Gasteiger partial charge in [-0.3, -0.25) is 4.79 Å². The van der Waals surface area contributed by atoms with Crippen molar-refractivity contribution in [1.29, 1.82) is 0 Å². The Hall–Kier alpha value is -1.05. The standard InChI is InChI=1S/C15H26O2/c1-6-8-15(11-17-14(5)16)13(4)10-7-9-12(2)3/h6,9,13,15H,1,7-8,10-11H2,2-5H3/t13-,15+/m0/s1. The summed E-state index contributed by atoms with van der Waals surface area (Å²) in [4.78, 5) is 10.8. The molecule has 2 heteroatoms. The fourth-order valence-electron chi connectivity index (χ4n) is 1.77. The van der Waals surface area contributed by atoms with Gasteiger partial charge in [0.25, 0.3) is 0 Å². The monoisotopic (exact) mass is 238 g/mol. The Bertz CT molecular complexity index is 262. The minimum Gasteiger partial charge on any atom is -0.466 e. The van der Waals surface area contributed by atoms with Gasteiger partial charge < -0.3 is 4.74 Å². The fourth-order valence-corrected chi connectivity index (χ4v) is 1.77. The summed E-state index contributed by atoms with van der Waals surface area (Å²) in [5.41, 5.74) is 1.36. The summed E-state index contributed by atoms with van der Waals surface area (Å²) in [6.07, 6.45) is 7.30. The second kappa shape index (κ2) is 9.03. The average Bonchev–Trinajstić information content (AvgIpc) is 2.23. The van der Waals surface area contributed by atoms with Crippen LogP contribution in [0.15, 0.2) is 24.3 Å². The van der Waals surface area contributed by atoms with Crippen LogP contribution in [0.1, 0.15) is 47.0 Å². The number of hydrogen-bond donors (Lipinski definition) is 0. The van der Waals surface area contributed by atoms with Crippen LogP contribution in [0.5, 0.6) is 0 Å². The third-order valence-corrected chi connectivity index (χ3v) is 2.95. The third-order valence-electron chi connectivity index (χ3n) is 2.95. The molecule has 0 saturated heterocycles. The molecule has 17 heavy (non-hydrogen) atoms. The summed E-state index contributed by atoms with van der Waals surface area (Å²) in [6, 6.07) is 0. The van der Waals surface area contributed by atoms with Crippen molar-refractivity contribution in [2.75, 3.05) is 6.61 Å². The van der Waals surface area contributed by atoms with E-state index in [1.54, 1.807) is 0 Å². The van der Waals surface area contributed by atoms with Crippen molar-refractivity contribution in [2.24, 2.45) is 11.8 Å². The average molecular weight is 238 g/mol. The van der Waals surface area contributed by atoms with Crippen molar-refractivity contribution >= 4 is 5.97 Å². The second-order valence-electron chi connectivity index (χ2n) is 4.92. The lowest BCUT2D eigenvalue weighted by Crippen LogP contribution is -2.19. The SMILES string of the molecule is C=CC[C@H](COC(C)=O)[C@@H](C)CCC=C(C)C. The number of allylic oxidation sites excluding steroid dienone is 3. The highest BCUT2D eigenvalue weighted by atomic mass is 16.5. The van der Waals surface area contributed by atoms with Gasteiger partial charge in [-0.1, -0.05) is 24.6 Å². The van der Waals surface area contributed by atoms with Crippen molar-refractivity contribution in [3.8, 4) is 0 Å². The lowest BCUT2D eigenvalue weighted by atomic mass is 9.88. The number of esters is 1. The van der Waals surface area contributed by atoms with Gasteiger partial charge >= 0.3 is 5.97 Å². The van der Waals surface area contributed by atoms with Crippen LogP contribution in [-0.4, -0.2) is 12.6 Å². The molecule has 0 bridgehead atoms. The molecule has 0 N–H and O–H groups in total. The first kappa shape index (κ1) is 16.0. The van der Waals surface area contributed by atoms with E-state index in [1.165, 1.54) is 12.5 Å². The molecule has 0 aliphatic rings. The molecule has 0 fully saturated rings. The van der Waals surface area contributed by atoms with Crippen LogP contribution in [0.25, 0.3) is 0 Å². The predicted octanol–water partition coefficient (Wildman–Crippen LogP) is 4.12. The smallest absolute Gasteiger partial charge is 0.302 e. The van der Waals surface area contributed by atoms with Gasteiger partial charge in [0.2, 0.25) is 0 Å². The quantitative estimate of drug-likeness (QED) is 0.469. The van der Waals surface area contributed by atoms with E-state index < -0.39 is 0 Å². The van der Waals surface area contributed by atoms with E-state index >= 15 is 0 Å². The number of hydrogen-bond acceptors (Lipinski definition) is 2. The van der Waals surface area contributed by atoms with Crippen molar-refractivity contribution in [2.45, 2.75) is 47.0 Å². The molecule has 0 heterocycles. The lowest BCUT2D eigenvalue weighted by molar-refractivity contribution is -0.142. The first-order valence-corrected chi connectivity index (χ1v) is 6.35. The van der Waals surface area contributed by atoms with Gasteiger partial charge in [0.15, 0.2) is 0 Å². The molecular formula is C15H26O2. The minimum absolute atomic E-state index is 0.199. The third kappa shape index (κ3) is 8.73. The van der Waals surface area contributed by atoms with Crippen LogP contribution < -0.4 is 0 Å². The zero-order chi connectivity index (χ0) is 13.3. The molecule has 0 aromatic heterocycles. The Morgan fingerprint density at radius 1 is 1.35 bits per heavy atom. The molecule has 0 aromatic carbocycles. The summed E-state index contributed by atoms with van der Waals surface area (Å²) in [7, 11) is 0. The topological polar surface area (TPSA) is 26.3 Å². The molecule has 0 rings (SSSR count). The number of carbonyl (C=O) groups is 1. The Labute approximate surface area is 106 Å². The Balaban J connectivity index is 4.13. The number of rotatable bonds is 8. The largest absolute Gasteiger partial charge is 0.466 e. The molecule has 98 valence electrons. The van der Waals surface area contributed by atoms with E-state index in [0.717, 1.165) is 19.3 Å². The van der Waals surface area contributed by atoms with E-state index in [2.05, 4.69) is 33.4 Å². The Morgan fingerprint density at radius 2 is 2.00 bits per heavy atom. The summed E-state index contributed by atoms with van der Waals surface area (Å²) in [6.45, 7) is 12.2. The maximum absolute atomic E-state index is 10.8. The van der Waals surface area contributed by atoms with Gasteiger partial charge in [-0.05, 0) is 44.9 Å². The normalized spacial score (nSPS) is 13.6. The Morgan fingerprint density at radius 3 is 2.47 bits per heavy atom. The van der Waals surface area contributed by atoms with Gasteiger partial charge in [0.1, 0.15) is 0 Å². The molecule has 0 spiro atoms. The van der Waals surface area contributed by atoms with Crippen LogP contribution in [0.3, 0.4) is 0 Å². The van der Waals surface area contributed by atoms with Crippen LogP contribution in [0, 0.1) is 11.8 Å². The van der Waals surface area contributed by atoms with Gasteiger partial charge in [0, 0.05) is 6.92 Å². The van der Waals surface area contributed by atoms with E-state index in [9.17, 15) is 4.79 Å². The van der Waals surface area contributed by atoms with E-state index in [1.807, 2.05) is 6.08 Å². The number of ether oxygens (including phenoxy) is 1. The molecule has 0 saturated carbocycles. The maximum Gasteiger partial charge on any atom is 0.302 e. The van der Waals surface area contributed by atoms with Gasteiger partial charge in [-0.15, -0.1) is 6.58 Å². The molecule has 0 unspecified atom stereocenters. The van der Waals surface area contributed by atoms with Crippen molar-refractivity contribution in [3.05, 3.63) is 24.3 Å². The first-order chi connectivity index (χ1) is 7.97. The van der Waals surface area contributed by atoms with Crippen molar-refractivity contribution < 1.29 is 9.53 Å². The molecule has 0 aliphatic carbocycles. The van der Waals surface area contributed by atoms with E-state index in [0.29, 0.717) is 18.4 Å². The zero-order valence-corrected chi connectivity index (χ0v) is 11.7. The van der Waals surface area contributed by atoms with Gasteiger partial charge in [0.05, 0.1) is 6.61 Å². The zero-order valence-electron chi connectivity index (χ0n) is 11.7. The summed E-state index contributed by atoms with van der Waals surface area (Å²) in [5.74, 6) is 0.737. The molecule has 2 atom stereocenters. The van der Waals surface area contributed by atoms with Crippen LogP contribution >= 0.6 is 0 Å². The highest BCUT2D eigenvalue weighted by molar-refractivity contribution is 5.65. The molecule has 0 aliphatic heterocycles. The van der Waals surface area contributed by atoms with Crippen LogP contribution in [0.4, 0.5) is 0 Å². The van der Waals surface area contributed by atoms with Gasteiger partial charge in [-0.25, -0.2) is 0 Å². The lowest BCUT2D eigenvalue weighted by Gasteiger charge is -2.22. The molecule has 0 amide bonds. The maximum atomic E-state index is 10.8. The highest BCUT2D eigenvalue weighted by Crippen LogP contribution is 2.22. The number of carbonyl (C=O) groups excluding carboxylic acids is 1. The molecular weight excluding hydrogens is 212 g/mol. The predicted molar refractivity (Wildman–Crippen MR) is 72.8 cm³/mol. The summed E-state index contributed by atoms with van der Waals surface area (Å²) < 4.78 is 5.10. The highest BCUT2D eigenvalue weighted by Gasteiger charge is 2.16. The summed E-state index contributed by atoms with van der Waals surface area (Å²) >= 11 is 0. The van der Waals surface area contributed by atoms with Crippen LogP contribution in [-0.2, 0) is 9.53 Å². The van der Waals surface area contributed by atoms with Crippen molar-refractivity contribution in [1.82, 2.24) is 0 Å². The van der Waals surface area contributed by atoms with Crippen molar-refractivity contribution in [3.63, 3.8) is 0 Å².